The SMILES string of the molecule is COCCn1ncc(NC(CO)CC(C)C)c(Cl)c1=O. The monoisotopic (exact) mass is 303 g/mol. The minimum Gasteiger partial charge on any atom is -0.394 e. The van der Waals surface area contributed by atoms with Gasteiger partial charge in [0.25, 0.3) is 5.56 Å². The number of hydrogen-bond acceptors (Lipinski definition) is 5. The highest BCUT2D eigenvalue weighted by Crippen LogP contribution is 2.18. The van der Waals surface area contributed by atoms with Crippen LogP contribution in [-0.4, -0.2) is 41.3 Å². The summed E-state index contributed by atoms with van der Waals surface area (Å²) in [6, 6.07) is -0.150. The maximum absolute atomic E-state index is 12.0. The van der Waals surface area contributed by atoms with Crippen LogP contribution in [0, 0.1) is 5.92 Å². The van der Waals surface area contributed by atoms with Crippen molar-refractivity contribution in [3.8, 4) is 0 Å². The van der Waals surface area contributed by atoms with Gasteiger partial charge in [0.2, 0.25) is 0 Å². The van der Waals surface area contributed by atoms with Crippen LogP contribution in [-0.2, 0) is 11.3 Å². The van der Waals surface area contributed by atoms with Gasteiger partial charge in [-0.25, -0.2) is 4.68 Å². The number of anilines is 1. The largest absolute Gasteiger partial charge is 0.394 e. The summed E-state index contributed by atoms with van der Waals surface area (Å²) in [5, 5.41) is 16.5. The molecule has 1 atom stereocenters. The highest BCUT2D eigenvalue weighted by atomic mass is 35.5. The number of aromatic nitrogens is 2. The van der Waals surface area contributed by atoms with Crippen LogP contribution >= 0.6 is 11.6 Å². The van der Waals surface area contributed by atoms with Gasteiger partial charge in [-0.05, 0) is 12.3 Å². The lowest BCUT2D eigenvalue weighted by molar-refractivity contribution is 0.182. The Hall–Kier alpha value is -1.11. The van der Waals surface area contributed by atoms with Gasteiger partial charge in [-0.1, -0.05) is 25.4 Å². The summed E-state index contributed by atoms with van der Waals surface area (Å²) in [5.41, 5.74) is 0.0833. The molecule has 0 aliphatic heterocycles. The van der Waals surface area contributed by atoms with Gasteiger partial charge in [-0.15, -0.1) is 0 Å². The average molecular weight is 304 g/mol. The van der Waals surface area contributed by atoms with Crippen LogP contribution < -0.4 is 10.9 Å². The molecule has 0 bridgehead atoms. The first kappa shape index (κ1) is 16.9. The standard InChI is InChI=1S/C13H22ClN3O3/c1-9(2)6-10(8-18)16-11-7-15-17(4-5-20-3)13(19)12(11)14/h7,9-10,16,18H,4-6,8H2,1-3H3. The first-order chi connectivity index (χ1) is 9.49. The molecule has 0 saturated carbocycles. The number of hydrogen-bond donors (Lipinski definition) is 2. The maximum Gasteiger partial charge on any atom is 0.287 e. The lowest BCUT2D eigenvalue weighted by atomic mass is 10.0. The predicted molar refractivity (Wildman–Crippen MR) is 79.3 cm³/mol. The fourth-order valence-corrected chi connectivity index (χ4v) is 2.07. The Morgan fingerprint density at radius 2 is 2.25 bits per heavy atom. The van der Waals surface area contributed by atoms with E-state index in [9.17, 15) is 9.90 Å². The topological polar surface area (TPSA) is 76.4 Å². The van der Waals surface area contributed by atoms with Gasteiger partial charge in [0.05, 0.1) is 31.6 Å². The third-order valence-corrected chi connectivity index (χ3v) is 3.19. The molecule has 7 heteroatoms. The molecular weight excluding hydrogens is 282 g/mol. The van der Waals surface area contributed by atoms with Crippen LogP contribution in [0.3, 0.4) is 0 Å². The zero-order chi connectivity index (χ0) is 15.1. The normalized spacial score (nSPS) is 12.7. The van der Waals surface area contributed by atoms with E-state index in [2.05, 4.69) is 24.3 Å². The van der Waals surface area contributed by atoms with Crippen molar-refractivity contribution in [2.45, 2.75) is 32.9 Å². The quantitative estimate of drug-likeness (QED) is 0.758. The average Bonchev–Trinajstić information content (AvgIpc) is 2.41. The van der Waals surface area contributed by atoms with E-state index >= 15 is 0 Å². The van der Waals surface area contributed by atoms with Gasteiger partial charge in [-0.2, -0.15) is 5.10 Å². The van der Waals surface area contributed by atoms with Crippen molar-refractivity contribution >= 4 is 17.3 Å². The van der Waals surface area contributed by atoms with Crippen LogP contribution in [0.1, 0.15) is 20.3 Å². The van der Waals surface area contributed by atoms with Gasteiger partial charge >= 0.3 is 0 Å². The number of nitrogens with zero attached hydrogens (tertiary/aromatic N) is 2. The molecule has 0 fully saturated rings. The van der Waals surface area contributed by atoms with E-state index in [1.54, 1.807) is 7.11 Å². The first-order valence-corrected chi connectivity index (χ1v) is 6.99. The first-order valence-electron chi connectivity index (χ1n) is 6.61. The molecule has 1 unspecified atom stereocenters. The minimum atomic E-state index is -0.366. The number of halogens is 1. The van der Waals surface area contributed by atoms with E-state index in [1.807, 2.05) is 0 Å². The Labute approximate surface area is 123 Å². The third-order valence-electron chi connectivity index (χ3n) is 2.83. The van der Waals surface area contributed by atoms with Gasteiger partial charge in [-0.3, -0.25) is 4.79 Å². The van der Waals surface area contributed by atoms with Crippen molar-refractivity contribution < 1.29 is 9.84 Å². The molecule has 0 aliphatic rings. The molecule has 114 valence electrons. The number of nitrogens with one attached hydrogen (secondary N) is 1. The van der Waals surface area contributed by atoms with Crippen molar-refractivity contribution in [3.63, 3.8) is 0 Å². The Morgan fingerprint density at radius 3 is 2.80 bits per heavy atom. The maximum atomic E-state index is 12.0. The molecule has 0 spiro atoms. The third kappa shape index (κ3) is 4.77. The highest BCUT2D eigenvalue weighted by molar-refractivity contribution is 6.32. The smallest absolute Gasteiger partial charge is 0.287 e. The Morgan fingerprint density at radius 1 is 1.55 bits per heavy atom. The van der Waals surface area contributed by atoms with E-state index in [0.29, 0.717) is 24.8 Å². The summed E-state index contributed by atoms with van der Waals surface area (Å²) in [6.07, 6.45) is 2.28. The number of aliphatic hydroxyl groups excluding tert-OH is 1. The van der Waals surface area contributed by atoms with Crippen molar-refractivity contribution in [1.29, 1.82) is 0 Å². The van der Waals surface area contributed by atoms with E-state index in [4.69, 9.17) is 16.3 Å². The molecule has 0 aromatic carbocycles. The summed E-state index contributed by atoms with van der Waals surface area (Å²) < 4.78 is 6.16. The summed E-state index contributed by atoms with van der Waals surface area (Å²) in [6.45, 7) is 4.84. The molecule has 0 saturated heterocycles. The molecule has 0 aliphatic carbocycles. The van der Waals surface area contributed by atoms with Crippen LogP contribution in [0.15, 0.2) is 11.0 Å². The van der Waals surface area contributed by atoms with E-state index in [-0.39, 0.29) is 23.2 Å². The molecule has 1 heterocycles. The summed E-state index contributed by atoms with van der Waals surface area (Å²) in [7, 11) is 1.56. The molecule has 1 rings (SSSR count). The fraction of sp³-hybridized carbons (Fsp3) is 0.692. The number of aliphatic hydroxyl groups is 1. The zero-order valence-corrected chi connectivity index (χ0v) is 12.9. The fourth-order valence-electron chi connectivity index (χ4n) is 1.87. The van der Waals surface area contributed by atoms with Gasteiger partial charge in [0.15, 0.2) is 0 Å². The van der Waals surface area contributed by atoms with Crippen molar-refractivity contribution in [2.75, 3.05) is 25.6 Å². The lowest BCUT2D eigenvalue weighted by Gasteiger charge is -2.20. The molecular formula is C13H22ClN3O3. The van der Waals surface area contributed by atoms with Gasteiger partial charge in [0.1, 0.15) is 5.02 Å². The van der Waals surface area contributed by atoms with Crippen molar-refractivity contribution in [2.24, 2.45) is 5.92 Å². The van der Waals surface area contributed by atoms with Crippen LogP contribution in [0.2, 0.25) is 5.02 Å². The number of methoxy groups -OCH3 is 1. The minimum absolute atomic E-state index is 0.0265. The molecule has 0 radical (unpaired) electrons. The summed E-state index contributed by atoms with van der Waals surface area (Å²) >= 11 is 6.06. The van der Waals surface area contributed by atoms with E-state index in [1.165, 1.54) is 10.9 Å². The van der Waals surface area contributed by atoms with Crippen LogP contribution in [0.4, 0.5) is 5.69 Å². The van der Waals surface area contributed by atoms with E-state index < -0.39 is 0 Å². The van der Waals surface area contributed by atoms with Crippen LogP contribution in [0.5, 0.6) is 0 Å². The molecule has 1 aromatic rings. The predicted octanol–water partition coefficient (Wildman–Crippen LogP) is 1.36. The van der Waals surface area contributed by atoms with E-state index in [0.717, 1.165) is 6.42 Å². The summed E-state index contributed by atoms with van der Waals surface area (Å²) in [5.74, 6) is 0.424. The second-order valence-electron chi connectivity index (χ2n) is 5.05. The molecule has 20 heavy (non-hydrogen) atoms. The van der Waals surface area contributed by atoms with Gasteiger partial charge < -0.3 is 15.2 Å². The molecule has 2 N–H and O–H groups in total. The Bertz CT molecular complexity index is 476. The van der Waals surface area contributed by atoms with Crippen molar-refractivity contribution in [1.82, 2.24) is 9.78 Å². The zero-order valence-electron chi connectivity index (χ0n) is 12.1. The molecule has 1 aromatic heterocycles. The number of rotatable bonds is 8. The second kappa shape index (κ2) is 8.24. The van der Waals surface area contributed by atoms with Gasteiger partial charge in [0, 0.05) is 13.2 Å². The Kier molecular flexibility index (Phi) is 6.98. The molecule has 6 nitrogen and oxygen atoms in total. The number of ether oxygens (including phenoxy) is 1. The molecule has 0 amide bonds. The van der Waals surface area contributed by atoms with Crippen molar-refractivity contribution in [3.05, 3.63) is 21.6 Å². The Balaban J connectivity index is 2.86. The second-order valence-corrected chi connectivity index (χ2v) is 5.42. The summed E-state index contributed by atoms with van der Waals surface area (Å²) in [4.78, 5) is 12.0. The lowest BCUT2D eigenvalue weighted by Crippen LogP contribution is -2.30. The van der Waals surface area contributed by atoms with Crippen LogP contribution in [0.25, 0.3) is 0 Å². The highest BCUT2D eigenvalue weighted by Gasteiger charge is 2.14.